The van der Waals surface area contributed by atoms with Gasteiger partial charge in [0.15, 0.2) is 0 Å². The number of benzene rings is 3. The van der Waals surface area contributed by atoms with Crippen LogP contribution in [0.4, 0.5) is 0 Å². The minimum atomic E-state index is -1.77. The monoisotopic (exact) mass is 1270 g/mol. The number of hydrogen-bond acceptors (Lipinski definition) is 19. The Balaban J connectivity index is 1.67. The molecule has 0 aromatic heterocycles. The zero-order valence-electron chi connectivity index (χ0n) is 52.1. The minimum Gasteiger partial charge on any atom is -0.457 e. The normalized spacial score (nSPS) is 21.7. The van der Waals surface area contributed by atoms with Gasteiger partial charge in [-0.1, -0.05) is 61.9 Å². The van der Waals surface area contributed by atoms with Crippen LogP contribution in [0.25, 0.3) is 0 Å². The third kappa shape index (κ3) is 24.6. The fraction of sp³-hybridized carbons (Fsp3) is 0.525. The topological polar surface area (TPSA) is 500 Å². The predicted molar refractivity (Wildman–Crippen MR) is 335 cm³/mol. The van der Waals surface area contributed by atoms with E-state index in [-0.39, 0.29) is 89.2 Å². The molecule has 0 saturated carbocycles. The van der Waals surface area contributed by atoms with Crippen molar-refractivity contribution in [3.63, 3.8) is 0 Å². The lowest BCUT2D eigenvalue weighted by molar-refractivity contribution is -0.136. The lowest BCUT2D eigenvalue weighted by Gasteiger charge is -2.29. The molecular weight excluding hydrogens is 1180 g/mol. The number of nitrogens with two attached hydrogens (primary N) is 5. The number of nitrogens with one attached hydrogen (secondary N) is 11. The first-order valence-electron chi connectivity index (χ1n) is 30.4. The molecule has 91 heavy (non-hydrogen) atoms. The molecule has 12 atom stereocenters. The Hall–Kier alpha value is -8.65. The Kier molecular flexibility index (Phi) is 31.4. The second-order valence-corrected chi connectivity index (χ2v) is 22.6. The molecule has 3 aromatic carbocycles. The number of carbonyl (C=O) groups excluding carboxylic acids is 11. The minimum absolute atomic E-state index is 0.0364. The van der Waals surface area contributed by atoms with Crippen molar-refractivity contribution in [1.82, 2.24) is 58.5 Å². The van der Waals surface area contributed by atoms with E-state index in [1.54, 1.807) is 68.4 Å². The molecule has 0 aliphatic carbocycles. The van der Waals surface area contributed by atoms with Crippen molar-refractivity contribution in [2.75, 3.05) is 39.3 Å². The summed E-state index contributed by atoms with van der Waals surface area (Å²) in [5.74, 6) is -9.45. The molecular formula is C61H92N16O14. The number of carbonyl (C=O) groups is 11. The molecule has 0 radical (unpaired) electrons. The van der Waals surface area contributed by atoms with Crippen LogP contribution in [0.3, 0.4) is 0 Å². The van der Waals surface area contributed by atoms with Gasteiger partial charge in [-0.3, -0.25) is 52.7 Å². The largest absolute Gasteiger partial charge is 0.457 e. The van der Waals surface area contributed by atoms with E-state index in [0.29, 0.717) is 17.1 Å². The average Bonchev–Trinajstić information content (AvgIpc) is 3.72. The van der Waals surface area contributed by atoms with Crippen molar-refractivity contribution in [2.45, 2.75) is 159 Å². The molecule has 0 spiro atoms. The highest BCUT2D eigenvalue weighted by Gasteiger charge is 2.38. The van der Waals surface area contributed by atoms with Crippen molar-refractivity contribution >= 4 is 65.0 Å². The van der Waals surface area contributed by atoms with Gasteiger partial charge in [0.1, 0.15) is 71.9 Å². The Morgan fingerprint density at radius 3 is 1.52 bits per heavy atom. The molecule has 3 aromatic rings. The fourth-order valence-electron chi connectivity index (χ4n) is 9.53. The van der Waals surface area contributed by atoms with Crippen LogP contribution in [-0.4, -0.2) is 187 Å². The maximum absolute atomic E-state index is 14.6. The lowest BCUT2D eigenvalue weighted by Crippen LogP contribution is -2.62. The van der Waals surface area contributed by atoms with Crippen molar-refractivity contribution in [3.05, 3.63) is 95.6 Å². The van der Waals surface area contributed by atoms with Crippen LogP contribution in [0.2, 0.25) is 0 Å². The number of aryl methyl sites for hydroxylation is 1. The van der Waals surface area contributed by atoms with Gasteiger partial charge in [0, 0.05) is 18.5 Å². The van der Waals surface area contributed by atoms with E-state index >= 15 is 0 Å². The zero-order chi connectivity index (χ0) is 67.3. The Bertz CT molecular complexity index is 2900. The van der Waals surface area contributed by atoms with Gasteiger partial charge in [-0.15, -0.1) is 0 Å². The van der Waals surface area contributed by atoms with E-state index in [2.05, 4.69) is 58.5 Å². The van der Waals surface area contributed by atoms with Crippen molar-refractivity contribution < 1.29 is 67.7 Å². The first-order valence-corrected chi connectivity index (χ1v) is 30.4. The van der Waals surface area contributed by atoms with E-state index in [1.165, 1.54) is 26.0 Å². The zero-order valence-corrected chi connectivity index (χ0v) is 52.1. The highest BCUT2D eigenvalue weighted by atomic mass is 16.5. The van der Waals surface area contributed by atoms with Gasteiger partial charge in [0.05, 0.1) is 12.2 Å². The van der Waals surface area contributed by atoms with Crippen molar-refractivity contribution in [1.29, 1.82) is 0 Å². The van der Waals surface area contributed by atoms with Gasteiger partial charge in [-0.2, -0.15) is 0 Å². The number of hydrogen-bond donors (Lipinski definition) is 18. The molecule has 1 aliphatic rings. The summed E-state index contributed by atoms with van der Waals surface area (Å²) in [4.78, 5) is 155. The molecule has 500 valence electrons. The van der Waals surface area contributed by atoms with Crippen LogP contribution in [0, 0.1) is 12.8 Å². The molecule has 11 amide bonds. The van der Waals surface area contributed by atoms with Crippen LogP contribution in [0.5, 0.6) is 11.5 Å². The highest BCUT2D eigenvalue weighted by molar-refractivity contribution is 6.00. The summed E-state index contributed by atoms with van der Waals surface area (Å²) in [6.07, 6.45) is -4.76. The number of amides is 11. The SMILES string of the molecule is Cc1ccc(Oc2ccc(C(=O)N[C@@H](CCN)C(=O)N[C@H](C(=O)N[C@@H](CCN)C(=O)N[C@H]3CCNC(=O)[C@H]([C@@H](C)O)NC(=O)[C@H](CCN)NC(=O)[C@H](CCN)NC(=O)[C@H](CC(C)C)NC(=O)[C@@H](Cc4ccccc4)NC(=O)[C@H](CCN)NC3=O)[C@@H](C)O)cc2)cc1. The van der Waals surface area contributed by atoms with Crippen LogP contribution >= 0.6 is 0 Å². The summed E-state index contributed by atoms with van der Waals surface area (Å²) in [6, 6.07) is 6.78. The van der Waals surface area contributed by atoms with Crippen LogP contribution in [0.15, 0.2) is 78.9 Å². The molecule has 1 fully saturated rings. The summed E-state index contributed by atoms with van der Waals surface area (Å²) in [5.41, 5.74) is 31.2. The second-order valence-electron chi connectivity index (χ2n) is 22.6. The smallest absolute Gasteiger partial charge is 0.251 e. The van der Waals surface area contributed by atoms with E-state index in [1.807, 2.05) is 19.1 Å². The Morgan fingerprint density at radius 2 is 1.01 bits per heavy atom. The van der Waals surface area contributed by atoms with E-state index in [0.717, 1.165) is 5.56 Å². The van der Waals surface area contributed by atoms with E-state index in [9.17, 15) is 63.0 Å². The molecule has 1 saturated heterocycles. The summed E-state index contributed by atoms with van der Waals surface area (Å²) >= 11 is 0. The van der Waals surface area contributed by atoms with Crippen molar-refractivity contribution in [2.24, 2.45) is 34.6 Å². The Morgan fingerprint density at radius 1 is 0.538 bits per heavy atom. The molecule has 30 nitrogen and oxygen atoms in total. The molecule has 4 rings (SSSR count). The quantitative estimate of drug-likeness (QED) is 0.0361. The summed E-state index contributed by atoms with van der Waals surface area (Å²) < 4.78 is 5.85. The van der Waals surface area contributed by atoms with Crippen LogP contribution in [0.1, 0.15) is 94.1 Å². The Labute approximate surface area is 528 Å². The fourth-order valence-corrected chi connectivity index (χ4v) is 9.53. The summed E-state index contributed by atoms with van der Waals surface area (Å²) in [6.45, 7) is 6.55. The standard InChI is InChI=1S/C61H92N16O14/c1-33(2)31-47-58(87)71-41(19-25-62)52(81)70-45(23-29-66)57(86)76-49(35(4)78)60(89)67-30-24-46(55(84)69-42(20-26-63)54(83)75-48(59(88)74-47)32-37-9-7-6-8-10-37)72-53(82)43(21-27-64)73-61(90)50(36(5)79)77-56(85)44(22-28-65)68-51(80)38-13-17-40(18-14-38)91-39-15-11-34(3)12-16-39/h6-18,33,35-36,41-50,78-79H,19-32,62-66H2,1-5H3,(H,67,89)(H,68,80)(H,69,84)(H,70,81)(H,71,87)(H,72,82)(H,73,90)(H,74,88)(H,75,83)(H,76,86)(H,77,85)/t35-,36-,41+,42+,43+,44+,45+,46+,47+,48-,49+,50+/m1/s1. The summed E-state index contributed by atoms with van der Waals surface area (Å²) in [7, 11) is 0. The van der Waals surface area contributed by atoms with Gasteiger partial charge >= 0.3 is 0 Å². The molecule has 1 heterocycles. The van der Waals surface area contributed by atoms with Crippen molar-refractivity contribution in [3.8, 4) is 11.5 Å². The van der Waals surface area contributed by atoms with E-state index < -0.39 is 151 Å². The number of rotatable bonds is 26. The van der Waals surface area contributed by atoms with Gasteiger partial charge in [-0.05, 0) is 146 Å². The lowest BCUT2D eigenvalue weighted by atomic mass is 10.00. The van der Waals surface area contributed by atoms with Crippen LogP contribution in [-0.2, 0) is 54.4 Å². The number of ether oxygens (including phenoxy) is 1. The molecule has 23 N–H and O–H groups in total. The molecule has 1 aliphatic heterocycles. The molecule has 0 bridgehead atoms. The first kappa shape index (κ1) is 74.8. The second kappa shape index (κ2) is 38.1. The van der Waals surface area contributed by atoms with Gasteiger partial charge in [0.2, 0.25) is 59.1 Å². The van der Waals surface area contributed by atoms with Crippen LogP contribution < -0.4 is 91.9 Å². The van der Waals surface area contributed by atoms with Gasteiger partial charge in [0.25, 0.3) is 5.91 Å². The third-order valence-corrected chi connectivity index (χ3v) is 14.5. The highest BCUT2D eigenvalue weighted by Crippen LogP contribution is 2.22. The predicted octanol–water partition coefficient (Wildman–Crippen LogP) is -4.44. The maximum atomic E-state index is 14.6. The molecule has 0 unspecified atom stereocenters. The number of aliphatic hydroxyl groups is 2. The number of aliphatic hydroxyl groups excluding tert-OH is 2. The molecule has 30 heteroatoms. The third-order valence-electron chi connectivity index (χ3n) is 14.5. The average molecular weight is 1270 g/mol. The first-order chi connectivity index (χ1) is 43.3. The maximum Gasteiger partial charge on any atom is 0.251 e. The summed E-state index contributed by atoms with van der Waals surface area (Å²) in [5, 5.41) is 49.7. The van der Waals surface area contributed by atoms with Gasteiger partial charge in [-0.25, -0.2) is 0 Å². The van der Waals surface area contributed by atoms with E-state index in [4.69, 9.17) is 33.4 Å². The van der Waals surface area contributed by atoms with Gasteiger partial charge < -0.3 is 102 Å².